The standard InChI is InChI=1S/C14H18O4/c1-9(2)18-12-6-5-11(8-13(12)17-4)7-10(3)14(15)16/h5-9H,1-4H3,(H,15,16). The number of methoxy groups -OCH3 is 1. The number of carbonyl (C=O) groups is 1. The van der Waals surface area contributed by atoms with Crippen LogP contribution in [-0.4, -0.2) is 24.3 Å². The van der Waals surface area contributed by atoms with Crippen molar-refractivity contribution in [2.45, 2.75) is 26.9 Å². The molecule has 0 unspecified atom stereocenters. The molecule has 0 spiro atoms. The first-order chi connectivity index (χ1) is 8.43. The molecule has 0 radical (unpaired) electrons. The Hall–Kier alpha value is -1.97. The van der Waals surface area contributed by atoms with Gasteiger partial charge in [0.2, 0.25) is 0 Å². The average Bonchev–Trinajstić information content (AvgIpc) is 2.30. The van der Waals surface area contributed by atoms with Crippen molar-refractivity contribution in [2.24, 2.45) is 0 Å². The highest BCUT2D eigenvalue weighted by Gasteiger charge is 2.07. The Morgan fingerprint density at radius 1 is 1.33 bits per heavy atom. The summed E-state index contributed by atoms with van der Waals surface area (Å²) in [5.74, 6) is 0.310. The molecule has 98 valence electrons. The maximum Gasteiger partial charge on any atom is 0.331 e. The van der Waals surface area contributed by atoms with E-state index in [1.807, 2.05) is 13.8 Å². The third kappa shape index (κ3) is 3.80. The van der Waals surface area contributed by atoms with E-state index < -0.39 is 5.97 Å². The van der Waals surface area contributed by atoms with Crippen molar-refractivity contribution < 1.29 is 19.4 Å². The second-order valence-corrected chi connectivity index (χ2v) is 4.21. The Morgan fingerprint density at radius 3 is 2.50 bits per heavy atom. The Kier molecular flexibility index (Phi) is 4.77. The molecule has 1 rings (SSSR count). The number of aliphatic carboxylic acids is 1. The number of hydrogen-bond donors (Lipinski definition) is 1. The third-order valence-electron chi connectivity index (χ3n) is 2.27. The Balaban J connectivity index is 3.05. The monoisotopic (exact) mass is 250 g/mol. The maximum atomic E-state index is 10.7. The first-order valence-electron chi connectivity index (χ1n) is 5.70. The van der Waals surface area contributed by atoms with Crippen LogP contribution in [0.15, 0.2) is 23.8 Å². The smallest absolute Gasteiger partial charge is 0.331 e. The summed E-state index contributed by atoms with van der Waals surface area (Å²) < 4.78 is 10.8. The largest absolute Gasteiger partial charge is 0.493 e. The first kappa shape index (κ1) is 14.1. The lowest BCUT2D eigenvalue weighted by Crippen LogP contribution is -2.06. The number of carboxylic acids is 1. The zero-order valence-electron chi connectivity index (χ0n) is 11.1. The molecule has 0 amide bonds. The van der Waals surface area contributed by atoms with E-state index in [0.29, 0.717) is 11.5 Å². The molecule has 18 heavy (non-hydrogen) atoms. The van der Waals surface area contributed by atoms with E-state index >= 15 is 0 Å². The van der Waals surface area contributed by atoms with Crippen LogP contribution in [0.3, 0.4) is 0 Å². The molecule has 1 N–H and O–H groups in total. The van der Waals surface area contributed by atoms with E-state index in [4.69, 9.17) is 14.6 Å². The normalized spacial score (nSPS) is 11.5. The third-order valence-corrected chi connectivity index (χ3v) is 2.27. The van der Waals surface area contributed by atoms with E-state index in [9.17, 15) is 4.79 Å². The highest BCUT2D eigenvalue weighted by atomic mass is 16.5. The van der Waals surface area contributed by atoms with E-state index in [1.54, 1.807) is 38.3 Å². The van der Waals surface area contributed by atoms with Gasteiger partial charge in [0.05, 0.1) is 13.2 Å². The van der Waals surface area contributed by atoms with Gasteiger partial charge in [0, 0.05) is 5.57 Å². The number of carboxylic acid groups (broad SMARTS) is 1. The molecule has 0 aliphatic carbocycles. The van der Waals surface area contributed by atoms with Gasteiger partial charge in [-0.25, -0.2) is 4.79 Å². The minimum Gasteiger partial charge on any atom is -0.493 e. The molecule has 0 aromatic heterocycles. The minimum atomic E-state index is -0.934. The Morgan fingerprint density at radius 2 is 2.00 bits per heavy atom. The molecule has 0 fully saturated rings. The second-order valence-electron chi connectivity index (χ2n) is 4.21. The van der Waals surface area contributed by atoms with Crippen LogP contribution in [0.2, 0.25) is 0 Å². The lowest BCUT2D eigenvalue weighted by Gasteiger charge is -2.13. The number of hydrogen-bond acceptors (Lipinski definition) is 3. The molecule has 0 atom stereocenters. The van der Waals surface area contributed by atoms with Crippen LogP contribution in [0, 0.1) is 0 Å². The van der Waals surface area contributed by atoms with Crippen LogP contribution in [0.5, 0.6) is 11.5 Å². The summed E-state index contributed by atoms with van der Waals surface area (Å²) in [4.78, 5) is 10.7. The summed E-state index contributed by atoms with van der Waals surface area (Å²) in [7, 11) is 1.56. The predicted molar refractivity (Wildman–Crippen MR) is 70.0 cm³/mol. The Bertz CT molecular complexity index is 461. The van der Waals surface area contributed by atoms with Crippen LogP contribution >= 0.6 is 0 Å². The van der Waals surface area contributed by atoms with Crippen LogP contribution in [0.1, 0.15) is 26.3 Å². The second kappa shape index (κ2) is 6.10. The summed E-state index contributed by atoms with van der Waals surface area (Å²) in [5.41, 5.74) is 1.04. The van der Waals surface area contributed by atoms with Gasteiger partial charge >= 0.3 is 5.97 Å². The van der Waals surface area contributed by atoms with Gasteiger partial charge in [0.1, 0.15) is 0 Å². The molecular weight excluding hydrogens is 232 g/mol. The molecule has 4 heteroatoms. The molecule has 0 bridgehead atoms. The van der Waals surface area contributed by atoms with Crippen molar-refractivity contribution in [3.63, 3.8) is 0 Å². The SMILES string of the molecule is COc1cc(C=C(C)C(=O)O)ccc1OC(C)C. The zero-order valence-corrected chi connectivity index (χ0v) is 11.1. The Labute approximate surface area is 107 Å². The maximum absolute atomic E-state index is 10.7. The van der Waals surface area contributed by atoms with Gasteiger partial charge in [-0.1, -0.05) is 6.07 Å². The summed E-state index contributed by atoms with van der Waals surface area (Å²) in [6, 6.07) is 5.33. The summed E-state index contributed by atoms with van der Waals surface area (Å²) in [6.07, 6.45) is 1.64. The highest BCUT2D eigenvalue weighted by Crippen LogP contribution is 2.29. The molecule has 0 aliphatic rings. The number of benzene rings is 1. The van der Waals surface area contributed by atoms with Crippen LogP contribution in [0.4, 0.5) is 0 Å². The summed E-state index contributed by atoms with van der Waals surface area (Å²) >= 11 is 0. The average molecular weight is 250 g/mol. The lowest BCUT2D eigenvalue weighted by molar-refractivity contribution is -0.132. The fraction of sp³-hybridized carbons (Fsp3) is 0.357. The fourth-order valence-corrected chi connectivity index (χ4v) is 1.44. The van der Waals surface area contributed by atoms with E-state index in [0.717, 1.165) is 5.56 Å². The zero-order chi connectivity index (χ0) is 13.7. The minimum absolute atomic E-state index is 0.0565. The highest BCUT2D eigenvalue weighted by molar-refractivity contribution is 5.91. The van der Waals surface area contributed by atoms with Crippen LogP contribution in [-0.2, 0) is 4.79 Å². The summed E-state index contributed by atoms with van der Waals surface area (Å²) in [6.45, 7) is 5.41. The van der Waals surface area contributed by atoms with Gasteiger partial charge in [-0.3, -0.25) is 0 Å². The molecule has 0 aliphatic heterocycles. The molecule has 1 aromatic carbocycles. The van der Waals surface area contributed by atoms with Crippen molar-refractivity contribution in [3.8, 4) is 11.5 Å². The van der Waals surface area contributed by atoms with Crippen molar-refractivity contribution in [2.75, 3.05) is 7.11 Å². The first-order valence-corrected chi connectivity index (χ1v) is 5.70. The van der Waals surface area contributed by atoms with Crippen molar-refractivity contribution in [1.29, 1.82) is 0 Å². The topological polar surface area (TPSA) is 55.8 Å². The van der Waals surface area contributed by atoms with Crippen LogP contribution in [0.25, 0.3) is 6.08 Å². The van der Waals surface area contributed by atoms with Gasteiger partial charge in [0.25, 0.3) is 0 Å². The summed E-state index contributed by atoms with van der Waals surface area (Å²) in [5, 5.41) is 8.82. The van der Waals surface area contributed by atoms with Gasteiger partial charge in [-0.05, 0) is 44.5 Å². The van der Waals surface area contributed by atoms with Gasteiger partial charge in [-0.15, -0.1) is 0 Å². The fourth-order valence-electron chi connectivity index (χ4n) is 1.44. The van der Waals surface area contributed by atoms with Gasteiger partial charge in [0.15, 0.2) is 11.5 Å². The van der Waals surface area contributed by atoms with Gasteiger partial charge in [-0.2, -0.15) is 0 Å². The van der Waals surface area contributed by atoms with Crippen LogP contribution < -0.4 is 9.47 Å². The van der Waals surface area contributed by atoms with E-state index in [-0.39, 0.29) is 11.7 Å². The number of rotatable bonds is 5. The molecule has 0 saturated carbocycles. The van der Waals surface area contributed by atoms with E-state index in [1.165, 1.54) is 0 Å². The van der Waals surface area contributed by atoms with Crippen molar-refractivity contribution in [3.05, 3.63) is 29.3 Å². The molecule has 0 heterocycles. The van der Waals surface area contributed by atoms with Gasteiger partial charge < -0.3 is 14.6 Å². The molecule has 1 aromatic rings. The van der Waals surface area contributed by atoms with E-state index in [2.05, 4.69) is 0 Å². The van der Waals surface area contributed by atoms with Crippen molar-refractivity contribution in [1.82, 2.24) is 0 Å². The number of ether oxygens (including phenoxy) is 2. The molecule has 4 nitrogen and oxygen atoms in total. The quantitative estimate of drug-likeness (QED) is 0.816. The lowest BCUT2D eigenvalue weighted by atomic mass is 10.1. The molecule has 0 saturated heterocycles. The van der Waals surface area contributed by atoms with Crippen molar-refractivity contribution >= 4 is 12.0 Å². The predicted octanol–water partition coefficient (Wildman–Crippen LogP) is 2.97. The molecular formula is C14H18O4.